The molecule has 0 radical (unpaired) electrons. The van der Waals surface area contributed by atoms with E-state index in [2.05, 4.69) is 63.5 Å². The predicted octanol–water partition coefficient (Wildman–Crippen LogP) is 4.81. The quantitative estimate of drug-likeness (QED) is 0.281. The average molecular weight is 531 g/mol. The highest BCUT2D eigenvalue weighted by Crippen LogP contribution is 2.29. The molecule has 0 saturated carbocycles. The number of pyridine rings is 1. The number of fused-ring (bicyclic) bond motifs is 1. The first-order valence-corrected chi connectivity index (χ1v) is 14.0. The number of tetrazole rings is 1. The monoisotopic (exact) mass is 530 g/mol. The van der Waals surface area contributed by atoms with Crippen LogP contribution in [0.2, 0.25) is 0 Å². The number of benzene rings is 2. The van der Waals surface area contributed by atoms with Gasteiger partial charge in [0.2, 0.25) is 0 Å². The van der Waals surface area contributed by atoms with Gasteiger partial charge in [0.05, 0.1) is 25.8 Å². The van der Waals surface area contributed by atoms with Gasteiger partial charge in [-0.2, -0.15) is 0 Å². The molecule has 206 valence electrons. The molecule has 1 aliphatic rings. The lowest BCUT2D eigenvalue weighted by molar-refractivity contribution is 0.0885. The second-order valence-corrected chi connectivity index (χ2v) is 10.3. The van der Waals surface area contributed by atoms with E-state index in [1.165, 1.54) is 5.56 Å². The van der Waals surface area contributed by atoms with E-state index in [4.69, 9.17) is 9.47 Å². The topological polar surface area (TPSA) is 98.2 Å². The van der Waals surface area contributed by atoms with Crippen molar-refractivity contribution in [3.05, 3.63) is 81.4 Å². The van der Waals surface area contributed by atoms with Crippen LogP contribution in [0.1, 0.15) is 68.1 Å². The Morgan fingerprint density at radius 1 is 1.13 bits per heavy atom. The number of aryl methyl sites for hydroxylation is 1. The van der Waals surface area contributed by atoms with Crippen LogP contribution in [0.15, 0.2) is 53.3 Å². The Morgan fingerprint density at radius 2 is 1.95 bits per heavy atom. The van der Waals surface area contributed by atoms with E-state index in [-0.39, 0.29) is 17.7 Å². The number of hydrogen-bond donors (Lipinski definition) is 1. The molecule has 2 atom stereocenters. The fraction of sp³-hybridized carbons (Fsp3) is 0.467. The third-order valence-electron chi connectivity index (χ3n) is 7.57. The molecule has 39 heavy (non-hydrogen) atoms. The number of nitrogens with one attached hydrogen (secondary N) is 1. The fourth-order valence-corrected chi connectivity index (χ4v) is 5.41. The van der Waals surface area contributed by atoms with Crippen molar-refractivity contribution in [2.75, 3.05) is 13.7 Å². The standard InChI is InChI=1S/C30H38N6O3/c1-4-7-28(29-32-33-34-36(29)20-26-8-6-15-39-26)35(18-22-9-12-25(38-3)13-10-22)19-24-17-23-16-21(5-2)11-14-27(23)31-30(24)37/h9-14,16-17,26,28H,4-8,15,18-20H2,1-3H3,(H,31,37). The van der Waals surface area contributed by atoms with Crippen molar-refractivity contribution in [2.45, 2.75) is 77.7 Å². The summed E-state index contributed by atoms with van der Waals surface area (Å²) in [5.41, 5.74) is 3.88. The minimum Gasteiger partial charge on any atom is -0.497 e. The highest BCUT2D eigenvalue weighted by atomic mass is 16.5. The molecule has 1 saturated heterocycles. The van der Waals surface area contributed by atoms with Crippen LogP contribution in [0.5, 0.6) is 5.75 Å². The Hall–Kier alpha value is -3.56. The number of hydrogen-bond acceptors (Lipinski definition) is 7. The summed E-state index contributed by atoms with van der Waals surface area (Å²) in [4.78, 5) is 18.7. The first kappa shape index (κ1) is 27.0. The SMILES string of the molecule is CCCC(c1nnnn1CC1CCCO1)N(Cc1ccc(OC)cc1)Cc1cc2cc(CC)ccc2[nH]c1=O. The highest BCUT2D eigenvalue weighted by Gasteiger charge is 2.28. The predicted molar refractivity (Wildman–Crippen MR) is 151 cm³/mol. The Bertz CT molecular complexity index is 1420. The molecule has 4 aromatic rings. The second-order valence-electron chi connectivity index (χ2n) is 10.3. The number of nitrogens with zero attached hydrogens (tertiary/aromatic N) is 5. The smallest absolute Gasteiger partial charge is 0.252 e. The van der Waals surface area contributed by atoms with Crippen LogP contribution < -0.4 is 10.3 Å². The molecule has 9 nitrogen and oxygen atoms in total. The van der Waals surface area contributed by atoms with E-state index in [1.807, 2.05) is 28.9 Å². The van der Waals surface area contributed by atoms with E-state index < -0.39 is 0 Å². The van der Waals surface area contributed by atoms with Gasteiger partial charge in [-0.3, -0.25) is 9.69 Å². The normalized spacial score (nSPS) is 16.3. The third-order valence-corrected chi connectivity index (χ3v) is 7.57. The maximum Gasteiger partial charge on any atom is 0.252 e. The summed E-state index contributed by atoms with van der Waals surface area (Å²) in [6.45, 7) is 6.82. The van der Waals surface area contributed by atoms with Crippen LogP contribution in [0.25, 0.3) is 10.9 Å². The minimum absolute atomic E-state index is 0.0688. The van der Waals surface area contributed by atoms with Crippen LogP contribution in [-0.4, -0.2) is 49.9 Å². The first-order valence-electron chi connectivity index (χ1n) is 14.0. The van der Waals surface area contributed by atoms with Gasteiger partial charge < -0.3 is 14.5 Å². The highest BCUT2D eigenvalue weighted by molar-refractivity contribution is 5.79. The number of aromatic nitrogens is 5. The largest absolute Gasteiger partial charge is 0.497 e. The van der Waals surface area contributed by atoms with Crippen molar-refractivity contribution in [1.82, 2.24) is 30.1 Å². The molecule has 2 unspecified atom stereocenters. The van der Waals surface area contributed by atoms with Gasteiger partial charge in [-0.15, -0.1) is 5.10 Å². The molecule has 5 rings (SSSR count). The van der Waals surface area contributed by atoms with Gasteiger partial charge in [0.25, 0.3) is 5.56 Å². The lowest BCUT2D eigenvalue weighted by Gasteiger charge is -2.31. The van der Waals surface area contributed by atoms with Gasteiger partial charge in [-0.1, -0.05) is 38.5 Å². The number of H-pyrrole nitrogens is 1. The molecule has 0 spiro atoms. The van der Waals surface area contributed by atoms with Crippen molar-refractivity contribution >= 4 is 10.9 Å². The van der Waals surface area contributed by atoms with Gasteiger partial charge in [0.1, 0.15) is 5.75 Å². The Balaban J connectivity index is 1.52. The summed E-state index contributed by atoms with van der Waals surface area (Å²) < 4.78 is 13.1. The van der Waals surface area contributed by atoms with Crippen molar-refractivity contribution in [3.8, 4) is 5.75 Å². The zero-order valence-electron chi connectivity index (χ0n) is 23.1. The van der Waals surface area contributed by atoms with Crippen LogP contribution in [0.4, 0.5) is 0 Å². The van der Waals surface area contributed by atoms with E-state index >= 15 is 0 Å². The Labute approximate surface area is 229 Å². The third kappa shape index (κ3) is 6.37. The van der Waals surface area contributed by atoms with Crippen molar-refractivity contribution in [2.24, 2.45) is 0 Å². The second kappa shape index (κ2) is 12.5. The molecule has 0 aliphatic carbocycles. The van der Waals surface area contributed by atoms with Gasteiger partial charge in [0.15, 0.2) is 5.82 Å². The molecule has 2 aromatic heterocycles. The molecule has 9 heteroatoms. The molecule has 1 aliphatic heterocycles. The molecule has 0 bridgehead atoms. The summed E-state index contributed by atoms with van der Waals surface area (Å²) in [5, 5.41) is 14.0. The maximum absolute atomic E-state index is 13.3. The molecule has 1 N–H and O–H groups in total. The minimum atomic E-state index is -0.0782. The summed E-state index contributed by atoms with van der Waals surface area (Å²) in [7, 11) is 1.67. The van der Waals surface area contributed by atoms with Gasteiger partial charge in [-0.25, -0.2) is 4.68 Å². The maximum atomic E-state index is 13.3. The average Bonchev–Trinajstić information content (AvgIpc) is 3.64. The van der Waals surface area contributed by atoms with E-state index in [0.29, 0.717) is 19.6 Å². The molecule has 3 heterocycles. The summed E-state index contributed by atoms with van der Waals surface area (Å²) in [5.74, 6) is 1.62. The van der Waals surface area contributed by atoms with Crippen molar-refractivity contribution in [3.63, 3.8) is 0 Å². The molecule has 1 fully saturated rings. The molecular formula is C30H38N6O3. The van der Waals surface area contributed by atoms with E-state index in [9.17, 15) is 4.79 Å². The zero-order valence-corrected chi connectivity index (χ0v) is 23.1. The zero-order chi connectivity index (χ0) is 27.2. The molecule has 0 amide bonds. The van der Waals surface area contributed by atoms with Gasteiger partial charge in [-0.05, 0) is 83.0 Å². The summed E-state index contributed by atoms with van der Waals surface area (Å²) in [6, 6.07) is 16.3. The number of rotatable bonds is 12. The van der Waals surface area contributed by atoms with Crippen LogP contribution in [0.3, 0.4) is 0 Å². The Morgan fingerprint density at radius 3 is 2.67 bits per heavy atom. The van der Waals surface area contributed by atoms with E-state index in [1.54, 1.807) is 7.11 Å². The van der Waals surface area contributed by atoms with Gasteiger partial charge in [0, 0.05) is 30.8 Å². The summed E-state index contributed by atoms with van der Waals surface area (Å²) >= 11 is 0. The van der Waals surface area contributed by atoms with Gasteiger partial charge >= 0.3 is 0 Å². The lowest BCUT2D eigenvalue weighted by Crippen LogP contribution is -2.33. The number of aromatic amines is 1. The van der Waals surface area contributed by atoms with Crippen LogP contribution >= 0.6 is 0 Å². The van der Waals surface area contributed by atoms with Crippen LogP contribution in [-0.2, 0) is 30.8 Å². The number of methoxy groups -OCH3 is 1. The van der Waals surface area contributed by atoms with Crippen molar-refractivity contribution < 1.29 is 9.47 Å². The van der Waals surface area contributed by atoms with Crippen LogP contribution in [0, 0.1) is 0 Å². The first-order chi connectivity index (χ1) is 19.1. The lowest BCUT2D eigenvalue weighted by atomic mass is 10.0. The van der Waals surface area contributed by atoms with E-state index in [0.717, 1.165) is 72.3 Å². The Kier molecular flexibility index (Phi) is 8.68. The molecule has 2 aromatic carbocycles. The number of ether oxygens (including phenoxy) is 2. The van der Waals surface area contributed by atoms with Crippen molar-refractivity contribution in [1.29, 1.82) is 0 Å². The fourth-order valence-electron chi connectivity index (χ4n) is 5.41. The molecular weight excluding hydrogens is 492 g/mol. The summed E-state index contributed by atoms with van der Waals surface area (Å²) in [6.07, 6.45) is 4.95.